The number of anilines is 1. The minimum absolute atomic E-state index is 0.0670. The van der Waals surface area contributed by atoms with Crippen LogP contribution in [0.3, 0.4) is 0 Å². The Kier molecular flexibility index (Phi) is 5.61. The first kappa shape index (κ1) is 21.8. The van der Waals surface area contributed by atoms with Gasteiger partial charge >= 0.3 is 12.1 Å². The van der Waals surface area contributed by atoms with Gasteiger partial charge in [0.2, 0.25) is 0 Å². The smallest absolute Gasteiger partial charge is 0.407 e. The van der Waals surface area contributed by atoms with E-state index in [4.69, 9.17) is 4.74 Å². The quantitative estimate of drug-likeness (QED) is 0.597. The summed E-state index contributed by atoms with van der Waals surface area (Å²) in [6.07, 6.45) is 3.87. The summed E-state index contributed by atoms with van der Waals surface area (Å²) in [5.41, 5.74) is 3.36. The van der Waals surface area contributed by atoms with Crippen LogP contribution in [0.25, 0.3) is 11.1 Å². The molecule has 0 bridgehead atoms. The normalized spacial score (nSPS) is 17.4. The number of amides is 3. The topological polar surface area (TPSA) is 102 Å². The molecular weight excluding hydrogens is 434 g/mol. The summed E-state index contributed by atoms with van der Waals surface area (Å²) in [5.74, 6) is 0.741. The number of carbonyl (C=O) groups is 2. The number of nitrogens with one attached hydrogen (secondary N) is 1. The van der Waals surface area contributed by atoms with E-state index in [1.165, 1.54) is 4.90 Å². The molecule has 2 saturated heterocycles. The number of methoxy groups -OCH3 is 1. The van der Waals surface area contributed by atoms with Crippen molar-refractivity contribution in [3.63, 3.8) is 0 Å². The van der Waals surface area contributed by atoms with Crippen LogP contribution in [0, 0.1) is 0 Å². The molecule has 0 unspecified atom stereocenters. The third kappa shape index (κ3) is 3.93. The van der Waals surface area contributed by atoms with Gasteiger partial charge in [0.25, 0.3) is 0 Å². The highest BCUT2D eigenvalue weighted by Crippen LogP contribution is 2.40. The Hall–Kier alpha value is -4.01. The molecule has 9 heteroatoms. The van der Waals surface area contributed by atoms with Crippen LogP contribution < -0.4 is 9.64 Å². The first-order chi connectivity index (χ1) is 16.5. The van der Waals surface area contributed by atoms with E-state index < -0.39 is 11.6 Å². The summed E-state index contributed by atoms with van der Waals surface area (Å²) in [5, 5.41) is 16.2. The van der Waals surface area contributed by atoms with Crippen LogP contribution in [-0.4, -0.2) is 69.5 Å². The van der Waals surface area contributed by atoms with E-state index >= 15 is 0 Å². The molecule has 2 aromatic carbocycles. The SMILES string of the molecule is COc1cccc(CN2C(=O)N(c3ccc(-c4cn[nH]c4)cc3)CC23CCN(C(=O)O)CC3)c1. The zero-order valence-electron chi connectivity index (χ0n) is 19.0. The van der Waals surface area contributed by atoms with Crippen molar-refractivity contribution >= 4 is 17.8 Å². The van der Waals surface area contributed by atoms with E-state index in [0.29, 0.717) is 39.0 Å². The number of ether oxygens (including phenoxy) is 1. The number of aromatic nitrogens is 2. The van der Waals surface area contributed by atoms with E-state index in [0.717, 1.165) is 28.1 Å². The van der Waals surface area contributed by atoms with Crippen molar-refractivity contribution in [1.82, 2.24) is 20.0 Å². The summed E-state index contributed by atoms with van der Waals surface area (Å²) in [6.45, 7) is 1.77. The summed E-state index contributed by atoms with van der Waals surface area (Å²) < 4.78 is 5.36. The van der Waals surface area contributed by atoms with Crippen molar-refractivity contribution in [2.24, 2.45) is 0 Å². The lowest BCUT2D eigenvalue weighted by Gasteiger charge is -2.43. The molecule has 5 rings (SSSR count). The Balaban J connectivity index is 1.44. The number of piperidine rings is 1. The van der Waals surface area contributed by atoms with Gasteiger partial charge in [0, 0.05) is 37.1 Å². The third-order valence-electron chi connectivity index (χ3n) is 6.94. The van der Waals surface area contributed by atoms with Crippen molar-refractivity contribution in [2.75, 3.05) is 31.6 Å². The number of urea groups is 1. The van der Waals surface area contributed by atoms with Gasteiger partial charge < -0.3 is 19.6 Å². The number of likely N-dealkylation sites (tertiary alicyclic amines) is 1. The lowest BCUT2D eigenvalue weighted by molar-refractivity contribution is 0.0686. The van der Waals surface area contributed by atoms with Gasteiger partial charge in [0.05, 0.1) is 25.4 Å². The number of rotatable bonds is 5. The maximum absolute atomic E-state index is 13.7. The lowest BCUT2D eigenvalue weighted by Crippen LogP contribution is -2.55. The highest BCUT2D eigenvalue weighted by atomic mass is 16.5. The van der Waals surface area contributed by atoms with Gasteiger partial charge in [-0.3, -0.25) is 10.00 Å². The second-order valence-corrected chi connectivity index (χ2v) is 8.83. The molecule has 176 valence electrons. The zero-order chi connectivity index (χ0) is 23.7. The molecular formula is C25H27N5O4. The third-order valence-corrected chi connectivity index (χ3v) is 6.94. The fraction of sp³-hybridized carbons (Fsp3) is 0.320. The van der Waals surface area contributed by atoms with Gasteiger partial charge in [-0.2, -0.15) is 5.10 Å². The summed E-state index contributed by atoms with van der Waals surface area (Å²) in [7, 11) is 1.62. The van der Waals surface area contributed by atoms with Crippen LogP contribution in [0.2, 0.25) is 0 Å². The Morgan fingerprint density at radius 1 is 1.15 bits per heavy atom. The lowest BCUT2D eigenvalue weighted by atomic mass is 9.86. The molecule has 2 N–H and O–H groups in total. The Labute approximate surface area is 197 Å². The van der Waals surface area contributed by atoms with Gasteiger partial charge in [-0.15, -0.1) is 0 Å². The molecule has 0 atom stereocenters. The van der Waals surface area contributed by atoms with Crippen LogP contribution in [-0.2, 0) is 6.54 Å². The molecule has 0 aliphatic carbocycles. The highest BCUT2D eigenvalue weighted by Gasteiger charge is 2.51. The second kappa shape index (κ2) is 8.74. The fourth-order valence-electron chi connectivity index (χ4n) is 4.97. The van der Waals surface area contributed by atoms with Crippen molar-refractivity contribution in [1.29, 1.82) is 0 Å². The van der Waals surface area contributed by atoms with Gasteiger partial charge in [0.15, 0.2) is 0 Å². The van der Waals surface area contributed by atoms with Gasteiger partial charge in [-0.05, 0) is 48.2 Å². The molecule has 1 spiro atoms. The summed E-state index contributed by atoms with van der Waals surface area (Å²) in [4.78, 5) is 30.4. The molecule has 0 radical (unpaired) electrons. The monoisotopic (exact) mass is 461 g/mol. The Bertz CT molecular complexity index is 1170. The predicted molar refractivity (Wildman–Crippen MR) is 127 cm³/mol. The van der Waals surface area contributed by atoms with Gasteiger partial charge in [-0.1, -0.05) is 24.3 Å². The van der Waals surface area contributed by atoms with E-state index in [9.17, 15) is 14.7 Å². The first-order valence-corrected chi connectivity index (χ1v) is 11.3. The molecule has 3 amide bonds. The van der Waals surface area contributed by atoms with Crippen molar-refractivity contribution < 1.29 is 19.4 Å². The summed E-state index contributed by atoms with van der Waals surface area (Å²) in [6, 6.07) is 15.5. The van der Waals surface area contributed by atoms with E-state index in [1.807, 2.05) is 64.5 Å². The average molecular weight is 462 g/mol. The van der Waals surface area contributed by atoms with E-state index in [-0.39, 0.29) is 6.03 Å². The zero-order valence-corrected chi connectivity index (χ0v) is 19.0. The predicted octanol–water partition coefficient (Wildman–Crippen LogP) is 4.04. The Morgan fingerprint density at radius 2 is 1.91 bits per heavy atom. The highest BCUT2D eigenvalue weighted by molar-refractivity contribution is 5.95. The Morgan fingerprint density at radius 3 is 2.56 bits per heavy atom. The maximum Gasteiger partial charge on any atom is 0.407 e. The number of benzene rings is 2. The molecule has 34 heavy (non-hydrogen) atoms. The van der Waals surface area contributed by atoms with E-state index in [1.54, 1.807) is 13.3 Å². The largest absolute Gasteiger partial charge is 0.497 e. The maximum atomic E-state index is 13.7. The van der Waals surface area contributed by atoms with Crippen molar-refractivity contribution in [3.05, 3.63) is 66.5 Å². The number of H-pyrrole nitrogens is 1. The number of carbonyl (C=O) groups excluding carboxylic acids is 1. The average Bonchev–Trinajstić information content (AvgIpc) is 3.49. The molecule has 2 aliphatic heterocycles. The molecule has 2 aliphatic rings. The fourth-order valence-corrected chi connectivity index (χ4v) is 4.97. The minimum atomic E-state index is -0.912. The molecule has 3 aromatic rings. The van der Waals surface area contributed by atoms with E-state index in [2.05, 4.69) is 10.2 Å². The van der Waals surface area contributed by atoms with Gasteiger partial charge in [-0.25, -0.2) is 9.59 Å². The number of hydrogen-bond donors (Lipinski definition) is 2. The molecule has 2 fully saturated rings. The molecule has 3 heterocycles. The minimum Gasteiger partial charge on any atom is -0.497 e. The number of nitrogens with zero attached hydrogens (tertiary/aromatic N) is 4. The first-order valence-electron chi connectivity index (χ1n) is 11.3. The van der Waals surface area contributed by atoms with Crippen LogP contribution in [0.5, 0.6) is 5.75 Å². The van der Waals surface area contributed by atoms with Gasteiger partial charge in [0.1, 0.15) is 5.75 Å². The number of hydrogen-bond acceptors (Lipinski definition) is 4. The number of aromatic amines is 1. The molecule has 0 saturated carbocycles. The number of carboxylic acid groups (broad SMARTS) is 1. The standard InChI is InChI=1S/C25H27N5O4/c1-34-22-4-2-3-18(13-22)16-30-23(31)29(17-25(30)9-11-28(12-10-25)24(32)33)21-7-5-19(6-8-21)20-14-26-27-15-20/h2-8,13-15H,9-12,16-17H2,1H3,(H,26,27)(H,32,33). The van der Waals surface area contributed by atoms with Crippen LogP contribution in [0.15, 0.2) is 60.9 Å². The van der Waals surface area contributed by atoms with Crippen LogP contribution in [0.1, 0.15) is 18.4 Å². The van der Waals surface area contributed by atoms with Crippen LogP contribution in [0.4, 0.5) is 15.3 Å². The molecule has 9 nitrogen and oxygen atoms in total. The second-order valence-electron chi connectivity index (χ2n) is 8.83. The summed E-state index contributed by atoms with van der Waals surface area (Å²) >= 11 is 0. The molecule has 1 aromatic heterocycles. The van der Waals surface area contributed by atoms with Crippen molar-refractivity contribution in [3.8, 4) is 16.9 Å². The van der Waals surface area contributed by atoms with Crippen molar-refractivity contribution in [2.45, 2.75) is 24.9 Å². The van der Waals surface area contributed by atoms with Crippen LogP contribution >= 0.6 is 0 Å².